The van der Waals surface area contributed by atoms with Gasteiger partial charge < -0.3 is 14.4 Å². The molecule has 334 valence electrons. The summed E-state index contributed by atoms with van der Waals surface area (Å²) in [6.45, 7) is 0. The van der Waals surface area contributed by atoms with E-state index in [0.717, 1.165) is 28.4 Å². The van der Waals surface area contributed by atoms with Crippen molar-refractivity contribution < 1.29 is 0 Å². The number of para-hydroxylation sites is 7. The molecule has 0 bridgehead atoms. The van der Waals surface area contributed by atoms with Gasteiger partial charge in [-0.25, -0.2) is 0 Å². The van der Waals surface area contributed by atoms with Gasteiger partial charge in [-0.15, -0.1) is 0 Å². The van der Waals surface area contributed by atoms with Crippen LogP contribution in [0.2, 0.25) is 0 Å². The Labute approximate surface area is 415 Å². The summed E-state index contributed by atoms with van der Waals surface area (Å²) in [7, 11) is -2.76. The SMILES string of the molecule is c1ccc(N2c3ccccc3C(c3ccc(N4c5ccccc5[Si](c5ccccc5)(c5ccccc5)c5ccccc54)cc3)(c3ccc(-n4c5ccccc5c5ccccc54)cc3)c3ccccc32)cc1. The topological polar surface area (TPSA) is 11.4 Å². The van der Waals surface area contributed by atoms with Crippen LogP contribution in [-0.4, -0.2) is 12.6 Å². The van der Waals surface area contributed by atoms with Crippen LogP contribution in [0.1, 0.15) is 22.3 Å². The fourth-order valence-corrected chi connectivity index (χ4v) is 17.6. The second kappa shape index (κ2) is 16.3. The molecule has 2 aliphatic rings. The predicted molar refractivity (Wildman–Crippen MR) is 299 cm³/mol. The van der Waals surface area contributed by atoms with E-state index in [-0.39, 0.29) is 0 Å². The molecule has 0 aliphatic carbocycles. The van der Waals surface area contributed by atoms with Crippen molar-refractivity contribution in [1.29, 1.82) is 0 Å². The average molecular weight is 922 g/mol. The number of benzene rings is 11. The third-order valence-electron chi connectivity index (χ3n) is 15.3. The molecule has 71 heavy (non-hydrogen) atoms. The third-order valence-corrected chi connectivity index (χ3v) is 20.2. The van der Waals surface area contributed by atoms with Crippen LogP contribution in [0.25, 0.3) is 27.5 Å². The summed E-state index contributed by atoms with van der Waals surface area (Å²) in [6.07, 6.45) is 0. The molecule has 2 aliphatic heterocycles. The van der Waals surface area contributed by atoms with E-state index < -0.39 is 13.5 Å². The Hall–Kier alpha value is -8.96. The van der Waals surface area contributed by atoms with Gasteiger partial charge in [-0.2, -0.15) is 0 Å². The third kappa shape index (κ3) is 5.95. The van der Waals surface area contributed by atoms with Crippen molar-refractivity contribution >= 4 is 84.8 Å². The van der Waals surface area contributed by atoms with Crippen molar-refractivity contribution in [2.24, 2.45) is 0 Å². The predicted octanol–water partition coefficient (Wildman–Crippen LogP) is 14.1. The molecule has 0 saturated heterocycles. The molecular weight excluding hydrogens is 875 g/mol. The Morgan fingerprint density at radius 3 is 1.11 bits per heavy atom. The van der Waals surface area contributed by atoms with Crippen molar-refractivity contribution in [3.05, 3.63) is 307 Å². The summed E-state index contributed by atoms with van der Waals surface area (Å²) < 4.78 is 2.41. The van der Waals surface area contributed by atoms with Crippen LogP contribution < -0.4 is 30.5 Å². The first-order valence-corrected chi connectivity index (χ1v) is 26.6. The summed E-state index contributed by atoms with van der Waals surface area (Å²) in [6, 6.07) is 106. The van der Waals surface area contributed by atoms with E-state index in [0.29, 0.717) is 0 Å². The monoisotopic (exact) mass is 921 g/mol. The van der Waals surface area contributed by atoms with E-state index in [2.05, 4.69) is 299 Å². The minimum Gasteiger partial charge on any atom is -0.311 e. The van der Waals surface area contributed by atoms with Gasteiger partial charge in [-0.3, -0.25) is 0 Å². The van der Waals surface area contributed by atoms with Gasteiger partial charge in [0.15, 0.2) is 8.07 Å². The molecule has 0 N–H and O–H groups in total. The van der Waals surface area contributed by atoms with Crippen LogP contribution in [0.3, 0.4) is 0 Å². The van der Waals surface area contributed by atoms with Crippen molar-refractivity contribution in [3.8, 4) is 5.69 Å². The first-order chi connectivity index (χ1) is 35.3. The molecule has 0 amide bonds. The van der Waals surface area contributed by atoms with Crippen LogP contribution in [0, 0.1) is 0 Å². The fraction of sp³-hybridized carbons (Fsp3) is 0.0149. The van der Waals surface area contributed by atoms with Crippen LogP contribution in [0.4, 0.5) is 34.1 Å². The molecule has 0 radical (unpaired) electrons. The summed E-state index contributed by atoms with van der Waals surface area (Å²) in [5.74, 6) is 0. The highest BCUT2D eigenvalue weighted by atomic mass is 28.3. The molecule has 14 rings (SSSR count). The van der Waals surface area contributed by atoms with Crippen molar-refractivity contribution in [2.45, 2.75) is 5.41 Å². The van der Waals surface area contributed by atoms with Gasteiger partial charge in [0.05, 0.1) is 27.8 Å². The minimum atomic E-state index is -2.76. The molecule has 12 aromatic rings. The lowest BCUT2D eigenvalue weighted by atomic mass is 9.62. The van der Waals surface area contributed by atoms with Gasteiger partial charge in [0.1, 0.15) is 0 Å². The number of hydrogen-bond acceptors (Lipinski definition) is 2. The number of hydrogen-bond donors (Lipinski definition) is 0. The molecule has 11 aromatic carbocycles. The maximum Gasteiger partial charge on any atom is 0.184 e. The van der Waals surface area contributed by atoms with Crippen molar-refractivity contribution in [2.75, 3.05) is 9.80 Å². The lowest BCUT2D eigenvalue weighted by Crippen LogP contribution is -2.77. The number of anilines is 6. The van der Waals surface area contributed by atoms with Crippen molar-refractivity contribution in [3.63, 3.8) is 0 Å². The highest BCUT2D eigenvalue weighted by molar-refractivity contribution is 7.21. The second-order valence-corrected chi connectivity index (χ2v) is 22.5. The van der Waals surface area contributed by atoms with Gasteiger partial charge in [-0.1, -0.05) is 212 Å². The number of aromatic nitrogens is 1. The summed E-state index contributed by atoms with van der Waals surface area (Å²) in [5.41, 5.74) is 14.7. The van der Waals surface area contributed by atoms with E-state index in [1.807, 2.05) is 0 Å². The Morgan fingerprint density at radius 2 is 0.620 bits per heavy atom. The smallest absolute Gasteiger partial charge is 0.184 e. The molecule has 3 heterocycles. The maximum atomic E-state index is 2.51. The van der Waals surface area contributed by atoms with Gasteiger partial charge in [-0.05, 0) is 116 Å². The van der Waals surface area contributed by atoms with Crippen molar-refractivity contribution in [1.82, 2.24) is 4.57 Å². The standard InChI is InChI=1S/C67H47N3Si/c1-4-22-50(23-5-1)69-61-34-16-12-30-57(61)67(58-31-13-17-35-62(58)69,48-40-44-51(45-41-48)68-59-32-14-10-28-55(59)56-29-11-15-33-60(56)68)49-42-46-52(47-43-49)70-63-36-18-20-38-65(63)71(53-24-6-2-7-25-53,54-26-8-3-9-27-54)66-39-21-19-37-64(66)70/h1-47H. The number of nitrogens with zero attached hydrogens (tertiary/aromatic N) is 3. The van der Waals surface area contributed by atoms with E-state index >= 15 is 0 Å². The summed E-state index contributed by atoms with van der Waals surface area (Å²) >= 11 is 0. The second-order valence-electron chi connectivity index (χ2n) is 18.8. The van der Waals surface area contributed by atoms with E-state index in [9.17, 15) is 0 Å². The molecule has 1 aromatic heterocycles. The highest BCUT2D eigenvalue weighted by Gasteiger charge is 2.50. The maximum absolute atomic E-state index is 2.76. The molecule has 0 spiro atoms. The van der Waals surface area contributed by atoms with Crippen LogP contribution in [-0.2, 0) is 5.41 Å². The fourth-order valence-electron chi connectivity index (χ4n) is 12.5. The quantitative estimate of drug-likeness (QED) is 0.148. The van der Waals surface area contributed by atoms with Crippen LogP contribution in [0.5, 0.6) is 0 Å². The van der Waals surface area contributed by atoms with Crippen LogP contribution >= 0.6 is 0 Å². The Balaban J connectivity index is 0.989. The summed E-state index contributed by atoms with van der Waals surface area (Å²) in [4.78, 5) is 4.96. The molecule has 0 saturated carbocycles. The Bertz CT molecular complexity index is 3750. The molecule has 0 unspecified atom stereocenters. The van der Waals surface area contributed by atoms with Gasteiger partial charge in [0.25, 0.3) is 0 Å². The lowest BCUT2D eigenvalue weighted by molar-refractivity contribution is 0.731. The first kappa shape index (κ1) is 41.0. The first-order valence-electron chi connectivity index (χ1n) is 24.6. The largest absolute Gasteiger partial charge is 0.311 e. The normalized spacial score (nSPS) is 14.1. The zero-order valence-electron chi connectivity index (χ0n) is 39.0. The molecule has 4 heteroatoms. The van der Waals surface area contributed by atoms with E-state index in [1.165, 1.54) is 76.2 Å². The Kier molecular flexibility index (Phi) is 9.45. The number of fused-ring (bicyclic) bond motifs is 7. The van der Waals surface area contributed by atoms with Crippen LogP contribution in [0.15, 0.2) is 285 Å². The highest BCUT2D eigenvalue weighted by Crippen LogP contribution is 2.58. The number of rotatable bonds is 7. The Morgan fingerprint density at radius 1 is 0.268 bits per heavy atom. The zero-order valence-corrected chi connectivity index (χ0v) is 40.0. The van der Waals surface area contributed by atoms with E-state index in [1.54, 1.807) is 0 Å². The van der Waals surface area contributed by atoms with Gasteiger partial charge >= 0.3 is 0 Å². The van der Waals surface area contributed by atoms with Gasteiger partial charge in [0, 0.05) is 39.2 Å². The molecule has 3 nitrogen and oxygen atoms in total. The minimum absolute atomic E-state index is 0.684. The summed E-state index contributed by atoms with van der Waals surface area (Å²) in [5, 5.41) is 8.05. The van der Waals surface area contributed by atoms with E-state index in [4.69, 9.17) is 0 Å². The zero-order chi connectivity index (χ0) is 46.9. The molecular formula is C67H47N3Si. The lowest BCUT2D eigenvalue weighted by Gasteiger charge is -2.47. The molecule has 0 fully saturated rings. The average Bonchev–Trinajstić information content (AvgIpc) is 3.79. The molecule has 0 atom stereocenters. The van der Waals surface area contributed by atoms with Gasteiger partial charge in [0.2, 0.25) is 0 Å².